The molecule has 0 aromatic heterocycles. The maximum Gasteiger partial charge on any atom is 0.174 e. The third kappa shape index (κ3) is 5.91. The van der Waals surface area contributed by atoms with E-state index < -0.39 is 0 Å². The van der Waals surface area contributed by atoms with Gasteiger partial charge in [-0.25, -0.2) is 0 Å². The summed E-state index contributed by atoms with van der Waals surface area (Å²) in [5.41, 5.74) is 5.13. The summed E-state index contributed by atoms with van der Waals surface area (Å²) < 4.78 is 5.49. The summed E-state index contributed by atoms with van der Waals surface area (Å²) in [6, 6.07) is 15.3. The van der Waals surface area contributed by atoms with Crippen LogP contribution in [0.3, 0.4) is 0 Å². The summed E-state index contributed by atoms with van der Waals surface area (Å²) in [5.74, 6) is 0.801. The number of thiocarbonyl (C=S) groups is 1. The lowest BCUT2D eigenvalue weighted by Gasteiger charge is -2.34. The fourth-order valence-corrected chi connectivity index (χ4v) is 4.54. The Morgan fingerprint density at radius 3 is 2.77 bits per heavy atom. The van der Waals surface area contributed by atoms with Crippen molar-refractivity contribution < 1.29 is 4.74 Å². The topological polar surface area (TPSA) is 27.7 Å². The molecule has 1 aliphatic heterocycles. The van der Waals surface area contributed by atoms with Gasteiger partial charge in [-0.15, -0.1) is 0 Å². The monoisotopic (exact) mass is 439 g/mol. The number of unbranched alkanes of at least 4 members (excludes halogenated alkanes) is 1. The molecule has 0 spiro atoms. The van der Waals surface area contributed by atoms with Crippen LogP contribution in [0.5, 0.6) is 5.75 Å². The van der Waals surface area contributed by atoms with Crippen LogP contribution >= 0.6 is 12.2 Å². The second kappa shape index (κ2) is 11.4. The van der Waals surface area contributed by atoms with Crippen LogP contribution in [0, 0.1) is 0 Å². The predicted molar refractivity (Wildman–Crippen MR) is 136 cm³/mol. The molecule has 0 bridgehead atoms. The molecule has 0 fully saturated rings. The molecule has 0 amide bonds. The molecule has 0 saturated carbocycles. The van der Waals surface area contributed by atoms with Crippen molar-refractivity contribution in [3.8, 4) is 5.75 Å². The molecule has 1 heterocycles. The maximum absolute atomic E-state index is 5.85. The van der Waals surface area contributed by atoms with E-state index in [2.05, 4.69) is 54.1 Å². The number of rotatable bonds is 9. The number of aryl methyl sites for hydroxylation is 1. The van der Waals surface area contributed by atoms with Crippen LogP contribution in [0.15, 0.2) is 42.5 Å². The van der Waals surface area contributed by atoms with Crippen LogP contribution in [0.4, 0.5) is 11.4 Å². The van der Waals surface area contributed by atoms with Gasteiger partial charge in [-0.1, -0.05) is 44.5 Å². The highest BCUT2D eigenvalue weighted by Crippen LogP contribution is 2.29. The highest BCUT2D eigenvalue weighted by Gasteiger charge is 2.20. The lowest BCUT2D eigenvalue weighted by Crippen LogP contribution is -2.40. The Labute approximate surface area is 193 Å². The smallest absolute Gasteiger partial charge is 0.174 e. The number of nitrogens with one attached hydrogen (secondary N) is 1. The number of hydrogen-bond donors (Lipinski definition) is 1. The maximum atomic E-state index is 5.85. The van der Waals surface area contributed by atoms with Gasteiger partial charge in [0.05, 0.1) is 12.8 Å². The number of fused-ring (bicyclic) bond motifs is 1. The average Bonchev–Trinajstić information content (AvgIpc) is 2.80. The Balaban J connectivity index is 1.77. The van der Waals surface area contributed by atoms with Crippen molar-refractivity contribution in [2.24, 2.45) is 0 Å². The summed E-state index contributed by atoms with van der Waals surface area (Å²) in [5, 5.41) is 4.15. The second-order valence-corrected chi connectivity index (χ2v) is 8.81. The van der Waals surface area contributed by atoms with Crippen LogP contribution in [0.25, 0.3) is 0 Å². The van der Waals surface area contributed by atoms with Crippen molar-refractivity contribution in [1.29, 1.82) is 0 Å². The summed E-state index contributed by atoms with van der Waals surface area (Å²) in [6.07, 6.45) is 5.93. The molecule has 31 heavy (non-hydrogen) atoms. The van der Waals surface area contributed by atoms with Crippen molar-refractivity contribution in [1.82, 2.24) is 4.90 Å². The van der Waals surface area contributed by atoms with Gasteiger partial charge >= 0.3 is 0 Å². The van der Waals surface area contributed by atoms with Gasteiger partial charge in [0.25, 0.3) is 0 Å². The van der Waals surface area contributed by atoms with Gasteiger partial charge in [0.2, 0.25) is 0 Å². The average molecular weight is 440 g/mol. The first kappa shape index (κ1) is 23.4. The summed E-state index contributed by atoms with van der Waals surface area (Å²) in [4.78, 5) is 4.85. The molecule has 168 valence electrons. The van der Waals surface area contributed by atoms with E-state index in [1.165, 1.54) is 49.0 Å². The highest BCUT2D eigenvalue weighted by molar-refractivity contribution is 7.80. The zero-order valence-electron chi connectivity index (χ0n) is 19.5. The molecule has 2 aromatic carbocycles. The van der Waals surface area contributed by atoms with Gasteiger partial charge in [0.1, 0.15) is 5.75 Å². The molecule has 1 aliphatic rings. The Morgan fingerprint density at radius 2 is 2.03 bits per heavy atom. The number of hydrogen-bond acceptors (Lipinski definition) is 3. The van der Waals surface area contributed by atoms with Crippen molar-refractivity contribution >= 4 is 28.7 Å². The SMILES string of the molecule is CCCCN1CCCc2cc(CN(C(=S)Nc3ccccc3OC)[C@H](C)CC)ccc21. The molecular formula is C26H37N3OS. The fraction of sp³-hybridized carbons (Fsp3) is 0.500. The van der Waals surface area contributed by atoms with Crippen molar-refractivity contribution in [3.05, 3.63) is 53.6 Å². The van der Waals surface area contributed by atoms with E-state index >= 15 is 0 Å². The normalized spacial score (nSPS) is 14.0. The van der Waals surface area contributed by atoms with E-state index in [-0.39, 0.29) is 0 Å². The first-order valence-corrected chi connectivity index (χ1v) is 12.1. The van der Waals surface area contributed by atoms with E-state index in [4.69, 9.17) is 17.0 Å². The minimum atomic E-state index is 0.340. The number of para-hydroxylation sites is 2. The Kier molecular flexibility index (Phi) is 8.59. The summed E-state index contributed by atoms with van der Waals surface area (Å²) in [7, 11) is 1.69. The molecule has 3 rings (SSSR count). The Hall–Kier alpha value is -2.27. The van der Waals surface area contributed by atoms with Gasteiger partial charge in [-0.3, -0.25) is 0 Å². The number of anilines is 2. The fourth-order valence-electron chi connectivity index (χ4n) is 4.19. The number of benzene rings is 2. The Morgan fingerprint density at radius 1 is 1.23 bits per heavy atom. The van der Waals surface area contributed by atoms with Crippen LogP contribution in [0.2, 0.25) is 0 Å². The molecule has 1 atom stereocenters. The largest absolute Gasteiger partial charge is 0.495 e. The number of ether oxygens (including phenoxy) is 1. The molecule has 0 unspecified atom stereocenters. The predicted octanol–water partition coefficient (Wildman–Crippen LogP) is 6.25. The van der Waals surface area contributed by atoms with Crippen LogP contribution < -0.4 is 15.0 Å². The lowest BCUT2D eigenvalue weighted by molar-refractivity contribution is 0.319. The highest BCUT2D eigenvalue weighted by atomic mass is 32.1. The number of methoxy groups -OCH3 is 1. The summed E-state index contributed by atoms with van der Waals surface area (Å²) >= 11 is 5.85. The first-order chi connectivity index (χ1) is 15.1. The Bertz CT molecular complexity index is 869. The van der Waals surface area contributed by atoms with Crippen molar-refractivity contribution in [2.45, 2.75) is 65.5 Å². The standard InChI is InChI=1S/C26H37N3OS/c1-5-7-16-28-17-10-11-22-18-21(14-15-24(22)28)19-29(20(3)6-2)26(31)27-23-12-8-9-13-25(23)30-4/h8-9,12-15,18,20H,5-7,10-11,16-17,19H2,1-4H3,(H,27,31)/t20-/m1/s1. The molecular weight excluding hydrogens is 402 g/mol. The van der Waals surface area contributed by atoms with Gasteiger partial charge in [-0.2, -0.15) is 0 Å². The minimum Gasteiger partial charge on any atom is -0.495 e. The van der Waals surface area contributed by atoms with Crippen molar-refractivity contribution in [3.63, 3.8) is 0 Å². The van der Waals surface area contributed by atoms with E-state index in [0.717, 1.165) is 36.1 Å². The molecule has 5 heteroatoms. The summed E-state index contributed by atoms with van der Waals surface area (Å²) in [6.45, 7) is 9.85. The van der Waals surface area contributed by atoms with E-state index in [1.54, 1.807) is 7.11 Å². The van der Waals surface area contributed by atoms with Crippen LogP contribution in [-0.2, 0) is 13.0 Å². The lowest BCUT2D eigenvalue weighted by atomic mass is 9.98. The van der Waals surface area contributed by atoms with E-state index in [0.29, 0.717) is 6.04 Å². The zero-order chi connectivity index (χ0) is 22.2. The van der Waals surface area contributed by atoms with E-state index in [9.17, 15) is 0 Å². The van der Waals surface area contributed by atoms with Gasteiger partial charge < -0.3 is 19.9 Å². The van der Waals surface area contributed by atoms with Gasteiger partial charge in [-0.05, 0) is 74.2 Å². The molecule has 0 aliphatic carbocycles. The zero-order valence-corrected chi connectivity index (χ0v) is 20.3. The molecule has 0 radical (unpaired) electrons. The van der Waals surface area contributed by atoms with Crippen molar-refractivity contribution in [2.75, 3.05) is 30.4 Å². The van der Waals surface area contributed by atoms with Gasteiger partial charge in [0, 0.05) is 31.4 Å². The first-order valence-electron chi connectivity index (χ1n) is 11.6. The number of nitrogens with zero attached hydrogens (tertiary/aromatic N) is 2. The quantitative estimate of drug-likeness (QED) is 0.467. The second-order valence-electron chi connectivity index (χ2n) is 8.42. The van der Waals surface area contributed by atoms with Gasteiger partial charge in [0.15, 0.2) is 5.11 Å². The third-order valence-corrected chi connectivity index (χ3v) is 6.56. The minimum absolute atomic E-state index is 0.340. The molecule has 4 nitrogen and oxygen atoms in total. The van der Waals surface area contributed by atoms with Crippen LogP contribution in [0.1, 0.15) is 57.6 Å². The van der Waals surface area contributed by atoms with Crippen LogP contribution in [-0.4, -0.2) is 36.3 Å². The third-order valence-electron chi connectivity index (χ3n) is 6.23. The van der Waals surface area contributed by atoms with E-state index in [1.807, 2.05) is 24.3 Å². The molecule has 0 saturated heterocycles. The molecule has 1 N–H and O–H groups in total. The molecule has 2 aromatic rings.